The highest BCUT2D eigenvalue weighted by Gasteiger charge is 2.17. The summed E-state index contributed by atoms with van der Waals surface area (Å²) in [6.07, 6.45) is 0. The van der Waals surface area contributed by atoms with Crippen LogP contribution in [0.4, 0.5) is 4.39 Å². The van der Waals surface area contributed by atoms with Crippen LogP contribution in [0, 0.1) is 17.1 Å². The standard InChI is InChI=1S/C16H14FN3O/c1-20-8-12-4-5-16(19-15(12)9-20)21-10-13-3-2-11(7-18)6-14(13)17/h2-6H,8-10H2,1H3. The molecule has 5 heteroatoms. The quantitative estimate of drug-likeness (QED) is 0.869. The number of fused-ring (bicyclic) bond motifs is 1. The van der Waals surface area contributed by atoms with Gasteiger partial charge in [0.2, 0.25) is 5.88 Å². The lowest BCUT2D eigenvalue weighted by molar-refractivity contribution is 0.286. The van der Waals surface area contributed by atoms with Gasteiger partial charge in [-0.15, -0.1) is 0 Å². The molecule has 2 aromatic rings. The van der Waals surface area contributed by atoms with Gasteiger partial charge in [0, 0.05) is 24.7 Å². The largest absolute Gasteiger partial charge is 0.473 e. The van der Waals surface area contributed by atoms with E-state index in [2.05, 4.69) is 9.88 Å². The summed E-state index contributed by atoms with van der Waals surface area (Å²) >= 11 is 0. The summed E-state index contributed by atoms with van der Waals surface area (Å²) in [7, 11) is 2.04. The van der Waals surface area contributed by atoms with Crippen LogP contribution in [0.25, 0.3) is 0 Å². The maximum atomic E-state index is 13.8. The number of aromatic nitrogens is 1. The summed E-state index contributed by atoms with van der Waals surface area (Å²) in [5, 5.41) is 8.71. The fraction of sp³-hybridized carbons (Fsp3) is 0.250. The van der Waals surface area contributed by atoms with Crippen molar-refractivity contribution < 1.29 is 9.13 Å². The lowest BCUT2D eigenvalue weighted by Gasteiger charge is -2.08. The molecule has 0 radical (unpaired) electrons. The molecule has 0 saturated carbocycles. The molecule has 3 rings (SSSR count). The van der Waals surface area contributed by atoms with Crippen molar-refractivity contribution in [2.24, 2.45) is 0 Å². The first-order valence-corrected chi connectivity index (χ1v) is 6.64. The van der Waals surface area contributed by atoms with E-state index < -0.39 is 5.82 Å². The lowest BCUT2D eigenvalue weighted by Crippen LogP contribution is -2.07. The van der Waals surface area contributed by atoms with E-state index in [1.54, 1.807) is 18.2 Å². The summed E-state index contributed by atoms with van der Waals surface area (Å²) in [5.41, 5.74) is 2.92. The van der Waals surface area contributed by atoms with Crippen LogP contribution in [0.2, 0.25) is 0 Å². The van der Waals surface area contributed by atoms with Crippen LogP contribution >= 0.6 is 0 Å². The average Bonchev–Trinajstić information content (AvgIpc) is 2.85. The number of halogens is 1. The smallest absolute Gasteiger partial charge is 0.213 e. The maximum Gasteiger partial charge on any atom is 0.213 e. The minimum atomic E-state index is -0.435. The van der Waals surface area contributed by atoms with Gasteiger partial charge in [-0.3, -0.25) is 4.90 Å². The van der Waals surface area contributed by atoms with E-state index in [4.69, 9.17) is 10.00 Å². The monoisotopic (exact) mass is 283 g/mol. The van der Waals surface area contributed by atoms with Crippen LogP contribution in [-0.4, -0.2) is 16.9 Å². The predicted octanol–water partition coefficient (Wildman–Crippen LogP) is 2.62. The van der Waals surface area contributed by atoms with Crippen LogP contribution in [0.15, 0.2) is 30.3 Å². The van der Waals surface area contributed by atoms with Gasteiger partial charge in [0.15, 0.2) is 0 Å². The molecule has 1 aromatic carbocycles. The number of benzene rings is 1. The van der Waals surface area contributed by atoms with E-state index in [1.165, 1.54) is 11.6 Å². The molecule has 0 aliphatic carbocycles. The van der Waals surface area contributed by atoms with Crippen molar-refractivity contribution in [1.82, 2.24) is 9.88 Å². The van der Waals surface area contributed by atoms with Gasteiger partial charge >= 0.3 is 0 Å². The molecular weight excluding hydrogens is 269 g/mol. The summed E-state index contributed by atoms with van der Waals surface area (Å²) in [6.45, 7) is 1.80. The zero-order chi connectivity index (χ0) is 14.8. The topological polar surface area (TPSA) is 49.1 Å². The van der Waals surface area contributed by atoms with Gasteiger partial charge in [0.25, 0.3) is 0 Å². The third kappa shape index (κ3) is 2.86. The Morgan fingerprint density at radius 2 is 2.19 bits per heavy atom. The highest BCUT2D eigenvalue weighted by Crippen LogP contribution is 2.22. The van der Waals surface area contributed by atoms with E-state index in [9.17, 15) is 4.39 Å². The van der Waals surface area contributed by atoms with Gasteiger partial charge in [0.05, 0.1) is 17.3 Å². The van der Waals surface area contributed by atoms with E-state index in [0.717, 1.165) is 18.8 Å². The van der Waals surface area contributed by atoms with E-state index in [0.29, 0.717) is 17.0 Å². The Morgan fingerprint density at radius 1 is 1.33 bits per heavy atom. The highest BCUT2D eigenvalue weighted by atomic mass is 19.1. The van der Waals surface area contributed by atoms with Gasteiger partial charge in [-0.2, -0.15) is 5.26 Å². The molecular formula is C16H14FN3O. The lowest BCUT2D eigenvalue weighted by atomic mass is 10.1. The second-order valence-corrected chi connectivity index (χ2v) is 5.13. The van der Waals surface area contributed by atoms with Gasteiger partial charge < -0.3 is 4.74 Å². The second kappa shape index (κ2) is 5.51. The third-order valence-electron chi connectivity index (χ3n) is 3.46. The summed E-state index contributed by atoms with van der Waals surface area (Å²) in [4.78, 5) is 6.61. The van der Waals surface area contributed by atoms with Crippen molar-refractivity contribution in [2.45, 2.75) is 19.7 Å². The number of nitrogens with zero attached hydrogens (tertiary/aromatic N) is 3. The molecule has 0 unspecified atom stereocenters. The van der Waals surface area contributed by atoms with Crippen LogP contribution in [0.1, 0.15) is 22.4 Å². The number of hydrogen-bond donors (Lipinski definition) is 0. The molecule has 1 aliphatic heterocycles. The number of hydrogen-bond acceptors (Lipinski definition) is 4. The molecule has 0 saturated heterocycles. The Balaban J connectivity index is 1.71. The first kappa shape index (κ1) is 13.5. The molecule has 0 N–H and O–H groups in total. The first-order chi connectivity index (χ1) is 10.2. The summed E-state index contributed by atoms with van der Waals surface area (Å²) in [5.74, 6) is 0.0581. The second-order valence-electron chi connectivity index (χ2n) is 5.13. The Morgan fingerprint density at radius 3 is 2.95 bits per heavy atom. The molecule has 1 aromatic heterocycles. The minimum absolute atomic E-state index is 0.0964. The molecule has 0 amide bonds. The molecule has 0 spiro atoms. The molecule has 0 bridgehead atoms. The SMILES string of the molecule is CN1Cc2ccc(OCc3ccc(C#N)cc3F)nc2C1. The molecule has 106 valence electrons. The fourth-order valence-electron chi connectivity index (χ4n) is 2.36. The predicted molar refractivity (Wildman–Crippen MR) is 74.9 cm³/mol. The van der Waals surface area contributed by atoms with Crippen LogP contribution < -0.4 is 4.74 Å². The Kier molecular flexibility index (Phi) is 3.55. The molecule has 21 heavy (non-hydrogen) atoms. The van der Waals surface area contributed by atoms with Crippen LogP contribution in [-0.2, 0) is 19.7 Å². The van der Waals surface area contributed by atoms with E-state index >= 15 is 0 Å². The maximum absolute atomic E-state index is 13.8. The van der Waals surface area contributed by atoms with Gasteiger partial charge in [-0.25, -0.2) is 9.37 Å². The third-order valence-corrected chi connectivity index (χ3v) is 3.46. The molecule has 1 aliphatic rings. The number of nitriles is 1. The number of pyridine rings is 1. The Bertz CT molecular complexity index is 724. The average molecular weight is 283 g/mol. The van der Waals surface area contributed by atoms with Crippen molar-refractivity contribution in [1.29, 1.82) is 5.26 Å². The minimum Gasteiger partial charge on any atom is -0.473 e. The molecule has 2 heterocycles. The number of rotatable bonds is 3. The highest BCUT2D eigenvalue weighted by molar-refractivity contribution is 5.33. The van der Waals surface area contributed by atoms with Gasteiger partial charge in [-0.05, 0) is 24.7 Å². The van der Waals surface area contributed by atoms with Crippen molar-refractivity contribution in [3.8, 4) is 11.9 Å². The van der Waals surface area contributed by atoms with Crippen LogP contribution in [0.3, 0.4) is 0 Å². The number of ether oxygens (including phenoxy) is 1. The van der Waals surface area contributed by atoms with Gasteiger partial charge in [0.1, 0.15) is 12.4 Å². The molecule has 0 fully saturated rings. The Labute approximate surface area is 122 Å². The summed E-state index contributed by atoms with van der Waals surface area (Å²) in [6, 6.07) is 10.1. The van der Waals surface area contributed by atoms with Crippen molar-refractivity contribution >= 4 is 0 Å². The molecule has 4 nitrogen and oxygen atoms in total. The van der Waals surface area contributed by atoms with Crippen molar-refractivity contribution in [3.63, 3.8) is 0 Å². The van der Waals surface area contributed by atoms with Crippen molar-refractivity contribution in [3.05, 3.63) is 58.5 Å². The van der Waals surface area contributed by atoms with E-state index in [1.807, 2.05) is 19.2 Å². The van der Waals surface area contributed by atoms with E-state index in [-0.39, 0.29) is 6.61 Å². The van der Waals surface area contributed by atoms with Gasteiger partial charge in [-0.1, -0.05) is 12.1 Å². The zero-order valence-corrected chi connectivity index (χ0v) is 11.6. The van der Waals surface area contributed by atoms with Crippen LogP contribution in [0.5, 0.6) is 5.88 Å². The normalized spacial score (nSPS) is 13.8. The fourth-order valence-corrected chi connectivity index (χ4v) is 2.36. The summed E-state index contributed by atoms with van der Waals surface area (Å²) < 4.78 is 19.3. The van der Waals surface area contributed by atoms with Crippen molar-refractivity contribution in [2.75, 3.05) is 7.05 Å². The molecule has 0 atom stereocenters. The Hall–Kier alpha value is -2.45. The first-order valence-electron chi connectivity index (χ1n) is 6.64. The zero-order valence-electron chi connectivity index (χ0n) is 11.6.